The molecule has 172 valence electrons. The molecule has 2 N–H and O–H groups in total. The summed E-state index contributed by atoms with van der Waals surface area (Å²) in [7, 11) is 0. The first-order chi connectivity index (χ1) is 16.6. The topological polar surface area (TPSA) is 96.9 Å². The molecule has 1 unspecified atom stereocenters. The first-order valence-corrected chi connectivity index (χ1v) is 11.1. The Hall–Kier alpha value is -3.97. The maximum atomic E-state index is 15.1. The number of aromatic nitrogens is 2. The molecule has 1 aromatic carbocycles. The molecule has 34 heavy (non-hydrogen) atoms. The van der Waals surface area contributed by atoms with Gasteiger partial charge in [-0.25, -0.2) is 15.8 Å². The smallest absolute Gasteiger partial charge is 0.414 e. The molecule has 3 aromatic rings. The number of carbonyl (C=O) groups is 1. The lowest BCUT2D eigenvalue weighted by Gasteiger charge is -2.15. The van der Waals surface area contributed by atoms with E-state index in [1.165, 1.54) is 17.2 Å². The molecule has 3 aliphatic rings. The third-order valence-electron chi connectivity index (χ3n) is 6.99. The van der Waals surface area contributed by atoms with Crippen molar-refractivity contribution in [3.8, 4) is 11.1 Å². The number of amides is 1. The number of pyridine rings is 1. The highest BCUT2D eigenvalue weighted by Gasteiger charge is 2.76. The van der Waals surface area contributed by atoms with E-state index in [2.05, 4.69) is 25.6 Å². The van der Waals surface area contributed by atoms with Gasteiger partial charge in [-0.2, -0.15) is 0 Å². The van der Waals surface area contributed by atoms with Gasteiger partial charge in [-0.3, -0.25) is 9.88 Å². The van der Waals surface area contributed by atoms with Crippen LogP contribution in [0.4, 0.5) is 20.7 Å². The zero-order valence-electron chi connectivity index (χ0n) is 18.1. The lowest BCUT2D eigenvalue weighted by Crippen LogP contribution is -2.27. The minimum Gasteiger partial charge on any atom is -0.442 e. The third-order valence-corrected chi connectivity index (χ3v) is 6.99. The molecule has 6 rings (SSSR count). The van der Waals surface area contributed by atoms with Crippen molar-refractivity contribution in [1.82, 2.24) is 15.5 Å². The van der Waals surface area contributed by atoms with E-state index in [0.717, 1.165) is 18.8 Å². The van der Waals surface area contributed by atoms with Crippen molar-refractivity contribution in [2.75, 3.05) is 36.4 Å². The van der Waals surface area contributed by atoms with E-state index >= 15 is 4.39 Å². The van der Waals surface area contributed by atoms with Crippen LogP contribution >= 0.6 is 0 Å². The average Bonchev–Trinajstić information content (AvgIpc) is 3.38. The molecule has 1 amide bonds. The number of piperidine rings is 1. The van der Waals surface area contributed by atoms with Gasteiger partial charge >= 0.3 is 6.09 Å². The lowest BCUT2D eigenvalue weighted by molar-refractivity contribution is 0.147. The number of benzene rings is 1. The van der Waals surface area contributed by atoms with Crippen LogP contribution in [0, 0.1) is 24.2 Å². The normalized spacial score (nSPS) is 27.2. The third kappa shape index (κ3) is 3.20. The molecule has 2 saturated heterocycles. The highest BCUT2D eigenvalue weighted by molar-refractivity contribution is 5.90. The molecule has 1 saturated carbocycles. The van der Waals surface area contributed by atoms with Crippen LogP contribution in [0.2, 0.25) is 0 Å². The van der Waals surface area contributed by atoms with Crippen LogP contribution in [0.15, 0.2) is 53.4 Å². The molecule has 0 spiro atoms. The Balaban J connectivity index is 1.16. The summed E-state index contributed by atoms with van der Waals surface area (Å²) in [5.74, 6) is 0.689. The molecule has 2 aliphatic heterocycles. The van der Waals surface area contributed by atoms with E-state index in [1.54, 1.807) is 24.4 Å². The number of nitrogens with zero attached hydrogens (tertiary/aromatic N) is 4. The maximum Gasteiger partial charge on any atom is 0.414 e. The van der Waals surface area contributed by atoms with E-state index in [4.69, 9.17) is 15.8 Å². The Labute approximate surface area is 194 Å². The summed E-state index contributed by atoms with van der Waals surface area (Å²) in [4.78, 5) is 22.2. The van der Waals surface area contributed by atoms with Gasteiger partial charge < -0.3 is 24.7 Å². The number of rotatable bonds is 6. The molecule has 4 atom stereocenters. The average molecular weight is 460 g/mol. The van der Waals surface area contributed by atoms with Gasteiger partial charge in [0.15, 0.2) is 5.82 Å². The number of cyclic esters (lactones) is 1. The first kappa shape index (κ1) is 20.6. The van der Waals surface area contributed by atoms with Crippen molar-refractivity contribution in [2.24, 2.45) is 11.8 Å². The van der Waals surface area contributed by atoms with Crippen LogP contribution in [0.1, 0.15) is 5.69 Å². The van der Waals surface area contributed by atoms with Crippen molar-refractivity contribution in [1.29, 1.82) is 0 Å². The highest BCUT2D eigenvalue weighted by atomic mass is 19.1. The van der Waals surface area contributed by atoms with E-state index in [-0.39, 0.29) is 6.54 Å². The van der Waals surface area contributed by atoms with Crippen molar-refractivity contribution in [3.63, 3.8) is 0 Å². The fraction of sp³-hybridized carbons (Fsp3) is 0.333. The molecular weight excluding hydrogens is 439 g/mol. The first-order valence-electron chi connectivity index (χ1n) is 11.1. The Morgan fingerprint density at radius 1 is 1.26 bits per heavy atom. The molecule has 1 aliphatic carbocycles. The van der Waals surface area contributed by atoms with Gasteiger partial charge in [-0.05, 0) is 24.3 Å². The number of ether oxygens (including phenoxy) is 1. The second kappa shape index (κ2) is 7.81. The summed E-state index contributed by atoms with van der Waals surface area (Å²) < 4.78 is 25.2. The second-order valence-electron chi connectivity index (χ2n) is 8.79. The SMILES string of the molecule is [C-]#[N+]C1(c2ccc(-c3ccc(N4C[C@H](CNc5ccon5)OC4=O)cc3F)cn2)[C@@H]2CNC[C@@H]21. The fourth-order valence-corrected chi connectivity index (χ4v) is 5.17. The van der Waals surface area contributed by atoms with Gasteiger partial charge in [0.2, 0.25) is 0 Å². The minimum atomic E-state index is -0.540. The van der Waals surface area contributed by atoms with Crippen molar-refractivity contribution < 1.29 is 18.4 Å². The van der Waals surface area contributed by atoms with Crippen LogP contribution in [0.3, 0.4) is 0 Å². The van der Waals surface area contributed by atoms with Crippen LogP contribution in [-0.4, -0.2) is 48.5 Å². The van der Waals surface area contributed by atoms with Crippen LogP contribution in [0.5, 0.6) is 0 Å². The maximum absolute atomic E-state index is 15.1. The molecule has 10 heteroatoms. The largest absolute Gasteiger partial charge is 0.442 e. The van der Waals surface area contributed by atoms with Gasteiger partial charge in [0.05, 0.1) is 30.6 Å². The number of hydrogen-bond acceptors (Lipinski definition) is 7. The van der Waals surface area contributed by atoms with E-state index in [9.17, 15) is 4.79 Å². The number of anilines is 2. The summed E-state index contributed by atoms with van der Waals surface area (Å²) in [6.45, 7) is 10.0. The number of hydrogen-bond donors (Lipinski definition) is 2. The van der Waals surface area contributed by atoms with Crippen molar-refractivity contribution in [3.05, 3.63) is 71.8 Å². The standard InChI is InChI=1S/C24H21FN6O3/c1-26-24(18-11-27-12-19(18)24)21-5-2-14(9-28-21)17-4-3-15(8-20(17)25)31-13-16(34-23(31)32)10-29-22-6-7-33-30-22/h2-9,16,18-19,27H,10-13H2,(H,29,30)/t16-,18-,19+,24?/m0/s1. The van der Waals surface area contributed by atoms with Crippen LogP contribution in [0.25, 0.3) is 16.0 Å². The van der Waals surface area contributed by atoms with Crippen LogP contribution in [-0.2, 0) is 10.3 Å². The molecule has 4 heterocycles. The monoisotopic (exact) mass is 460 g/mol. The van der Waals surface area contributed by atoms with Gasteiger partial charge in [0.25, 0.3) is 5.54 Å². The summed E-state index contributed by atoms with van der Waals surface area (Å²) in [6.07, 6.45) is 2.13. The summed E-state index contributed by atoms with van der Waals surface area (Å²) in [5, 5.41) is 10.1. The zero-order valence-corrected chi connectivity index (χ0v) is 18.1. The predicted molar refractivity (Wildman–Crippen MR) is 120 cm³/mol. The number of nitrogens with one attached hydrogen (secondary N) is 2. The molecule has 0 radical (unpaired) electrons. The zero-order chi connectivity index (χ0) is 23.3. The minimum absolute atomic E-state index is 0.286. The number of fused-ring (bicyclic) bond motifs is 1. The molecular formula is C24H21FN6O3. The molecule has 0 bridgehead atoms. The Bertz CT molecular complexity index is 1260. The molecule has 2 aromatic heterocycles. The highest BCUT2D eigenvalue weighted by Crippen LogP contribution is 2.62. The second-order valence-corrected chi connectivity index (χ2v) is 8.79. The van der Waals surface area contributed by atoms with E-state index in [1.807, 2.05) is 12.1 Å². The van der Waals surface area contributed by atoms with Crippen molar-refractivity contribution in [2.45, 2.75) is 11.6 Å². The summed E-state index contributed by atoms with van der Waals surface area (Å²) in [6, 6.07) is 9.97. The van der Waals surface area contributed by atoms with Crippen molar-refractivity contribution >= 4 is 17.6 Å². The van der Waals surface area contributed by atoms with Crippen LogP contribution < -0.4 is 15.5 Å². The predicted octanol–water partition coefficient (Wildman–Crippen LogP) is 3.28. The van der Waals surface area contributed by atoms with Gasteiger partial charge in [0, 0.05) is 36.5 Å². The Kier molecular flexibility index (Phi) is 4.74. The Morgan fingerprint density at radius 2 is 2.12 bits per heavy atom. The molecule has 3 fully saturated rings. The fourth-order valence-electron chi connectivity index (χ4n) is 5.17. The van der Waals surface area contributed by atoms with Gasteiger partial charge in [0.1, 0.15) is 23.9 Å². The van der Waals surface area contributed by atoms with E-state index < -0.39 is 23.6 Å². The van der Waals surface area contributed by atoms with E-state index in [0.29, 0.717) is 41.0 Å². The molecule has 9 nitrogen and oxygen atoms in total. The Morgan fingerprint density at radius 3 is 2.79 bits per heavy atom. The van der Waals surface area contributed by atoms with Gasteiger partial charge in [-0.15, -0.1) is 0 Å². The summed E-state index contributed by atoms with van der Waals surface area (Å²) in [5.41, 5.74) is 1.64. The van der Waals surface area contributed by atoms with Gasteiger partial charge in [-0.1, -0.05) is 11.2 Å². The lowest BCUT2D eigenvalue weighted by atomic mass is 10.0. The quantitative estimate of drug-likeness (QED) is 0.545. The number of carbonyl (C=O) groups excluding carboxylic acids is 1. The number of halogens is 1. The summed E-state index contributed by atoms with van der Waals surface area (Å²) >= 11 is 0.